The van der Waals surface area contributed by atoms with Crippen LogP contribution in [-0.4, -0.2) is 48.4 Å². The van der Waals surface area contributed by atoms with Gasteiger partial charge in [0.05, 0.1) is 0 Å². The second kappa shape index (κ2) is 7.58. The summed E-state index contributed by atoms with van der Waals surface area (Å²) in [5.41, 5.74) is 1.64. The molecule has 1 N–H and O–H groups in total. The Labute approximate surface area is 151 Å². The lowest BCUT2D eigenvalue weighted by molar-refractivity contribution is 0.00219. The number of anilines is 1. The highest BCUT2D eigenvalue weighted by molar-refractivity contribution is 5.39. The number of nitrogens with one attached hydrogen (secondary N) is 1. The summed E-state index contributed by atoms with van der Waals surface area (Å²) in [7, 11) is 0. The van der Waals surface area contributed by atoms with Crippen LogP contribution in [0.5, 0.6) is 0 Å². The number of aromatic nitrogens is 2. The van der Waals surface area contributed by atoms with E-state index in [-0.39, 0.29) is 0 Å². The molecular weight excluding hydrogens is 312 g/mol. The molecule has 1 aliphatic carbocycles. The lowest BCUT2D eigenvalue weighted by Crippen LogP contribution is -2.54. The zero-order valence-corrected chi connectivity index (χ0v) is 15.5. The van der Waals surface area contributed by atoms with Crippen molar-refractivity contribution in [2.75, 3.05) is 31.2 Å². The van der Waals surface area contributed by atoms with Crippen LogP contribution in [0.3, 0.4) is 0 Å². The van der Waals surface area contributed by atoms with Gasteiger partial charge in [0.25, 0.3) is 0 Å². The van der Waals surface area contributed by atoms with Crippen LogP contribution in [0.25, 0.3) is 0 Å². The maximum absolute atomic E-state index is 5.64. The monoisotopic (exact) mass is 344 g/mol. The lowest BCUT2D eigenvalue weighted by Gasteiger charge is -2.43. The minimum Gasteiger partial charge on any atom is -0.381 e. The quantitative estimate of drug-likeness (QED) is 0.910. The maximum Gasteiger partial charge on any atom is 0.132 e. The van der Waals surface area contributed by atoms with Gasteiger partial charge in [0.2, 0.25) is 0 Å². The van der Waals surface area contributed by atoms with Crippen LogP contribution in [-0.2, 0) is 11.2 Å². The van der Waals surface area contributed by atoms with E-state index in [1.54, 1.807) is 6.33 Å². The molecular formula is C20H32N4O. The van der Waals surface area contributed by atoms with Crippen LogP contribution in [0.15, 0.2) is 12.4 Å². The van der Waals surface area contributed by atoms with E-state index in [9.17, 15) is 0 Å². The smallest absolute Gasteiger partial charge is 0.132 e. The van der Waals surface area contributed by atoms with Crippen molar-refractivity contribution in [2.24, 2.45) is 5.41 Å². The Morgan fingerprint density at radius 3 is 2.92 bits per heavy atom. The summed E-state index contributed by atoms with van der Waals surface area (Å²) in [6.07, 6.45) is 11.8. The van der Waals surface area contributed by atoms with Gasteiger partial charge in [-0.1, -0.05) is 13.3 Å². The second-order valence-corrected chi connectivity index (χ2v) is 8.09. The van der Waals surface area contributed by atoms with Crippen LogP contribution in [0.2, 0.25) is 0 Å². The molecule has 5 heteroatoms. The van der Waals surface area contributed by atoms with E-state index in [1.165, 1.54) is 44.9 Å². The van der Waals surface area contributed by atoms with Crippen LogP contribution in [0, 0.1) is 5.41 Å². The number of ether oxygens (including phenoxy) is 1. The number of rotatable bonds is 4. The van der Waals surface area contributed by atoms with Crippen molar-refractivity contribution in [3.8, 4) is 0 Å². The Kier molecular flexibility index (Phi) is 5.23. The molecule has 138 valence electrons. The lowest BCUT2D eigenvalue weighted by atomic mass is 9.75. The Morgan fingerprint density at radius 1 is 1.20 bits per heavy atom. The molecule has 2 saturated heterocycles. The van der Waals surface area contributed by atoms with Crippen LogP contribution < -0.4 is 10.2 Å². The first kappa shape index (κ1) is 17.2. The third-order valence-corrected chi connectivity index (χ3v) is 6.65. The normalized spacial score (nSPS) is 29.2. The molecule has 5 nitrogen and oxygen atoms in total. The van der Waals surface area contributed by atoms with Crippen molar-refractivity contribution >= 4 is 5.82 Å². The van der Waals surface area contributed by atoms with Crippen molar-refractivity contribution in [1.29, 1.82) is 0 Å². The second-order valence-electron chi connectivity index (χ2n) is 8.09. The van der Waals surface area contributed by atoms with Gasteiger partial charge >= 0.3 is 0 Å². The van der Waals surface area contributed by atoms with Gasteiger partial charge in [-0.05, 0) is 50.4 Å². The maximum atomic E-state index is 5.64. The van der Waals surface area contributed by atoms with Crippen molar-refractivity contribution < 1.29 is 4.74 Å². The standard InChI is InChI=1S/C20H32N4O/c1-2-16-13-19(22-15-21-16)24-10-4-5-17(14-24)23-18-6-3-7-20(18)8-11-25-12-9-20/h13,15,17-18,23H,2-12,14H2,1H3/t17-,18-/m1/s1. The fraction of sp³-hybridized carbons (Fsp3) is 0.800. The summed E-state index contributed by atoms with van der Waals surface area (Å²) in [6.45, 7) is 6.25. The first-order valence-electron chi connectivity index (χ1n) is 10.2. The summed E-state index contributed by atoms with van der Waals surface area (Å²) in [4.78, 5) is 11.3. The third-order valence-electron chi connectivity index (χ3n) is 6.65. The molecule has 4 rings (SSSR count). The van der Waals surface area contributed by atoms with E-state index in [1.807, 2.05) is 0 Å². The molecule has 0 bridgehead atoms. The van der Waals surface area contributed by atoms with E-state index in [0.717, 1.165) is 44.2 Å². The van der Waals surface area contributed by atoms with E-state index < -0.39 is 0 Å². The van der Waals surface area contributed by atoms with Gasteiger partial charge in [-0.3, -0.25) is 0 Å². The fourth-order valence-electron chi connectivity index (χ4n) is 5.13. The largest absolute Gasteiger partial charge is 0.381 e. The fourth-order valence-corrected chi connectivity index (χ4v) is 5.13. The minimum absolute atomic E-state index is 0.505. The van der Waals surface area contributed by atoms with Crippen LogP contribution >= 0.6 is 0 Å². The topological polar surface area (TPSA) is 50.3 Å². The first-order valence-corrected chi connectivity index (χ1v) is 10.2. The Hall–Kier alpha value is -1.20. The van der Waals surface area contributed by atoms with E-state index >= 15 is 0 Å². The molecule has 3 heterocycles. The average Bonchev–Trinajstić information content (AvgIpc) is 3.04. The van der Waals surface area contributed by atoms with Gasteiger partial charge in [-0.2, -0.15) is 0 Å². The molecule has 0 unspecified atom stereocenters. The van der Waals surface area contributed by atoms with Gasteiger partial charge in [-0.15, -0.1) is 0 Å². The molecule has 0 amide bonds. The van der Waals surface area contributed by atoms with Gasteiger partial charge in [0, 0.05) is 50.1 Å². The molecule has 1 spiro atoms. The van der Waals surface area contributed by atoms with Crippen molar-refractivity contribution in [1.82, 2.24) is 15.3 Å². The highest BCUT2D eigenvalue weighted by atomic mass is 16.5. The zero-order valence-electron chi connectivity index (χ0n) is 15.5. The average molecular weight is 345 g/mol. The van der Waals surface area contributed by atoms with E-state index in [2.05, 4.69) is 33.2 Å². The first-order chi connectivity index (χ1) is 12.3. The van der Waals surface area contributed by atoms with Gasteiger partial charge < -0.3 is 15.0 Å². The number of aryl methyl sites for hydroxylation is 1. The zero-order chi connectivity index (χ0) is 17.1. The Balaban J connectivity index is 1.41. The molecule has 3 aliphatic rings. The van der Waals surface area contributed by atoms with Gasteiger partial charge in [0.1, 0.15) is 12.1 Å². The van der Waals surface area contributed by atoms with E-state index in [0.29, 0.717) is 17.5 Å². The summed E-state index contributed by atoms with van der Waals surface area (Å²) in [5, 5.41) is 4.07. The molecule has 1 aromatic heterocycles. The predicted octanol–water partition coefficient (Wildman–Crippen LogP) is 2.95. The van der Waals surface area contributed by atoms with Crippen molar-refractivity contribution in [3.05, 3.63) is 18.1 Å². The molecule has 2 aliphatic heterocycles. The molecule has 2 atom stereocenters. The summed E-state index contributed by atoms with van der Waals surface area (Å²) in [5.74, 6) is 1.10. The molecule has 25 heavy (non-hydrogen) atoms. The molecule has 0 radical (unpaired) electrons. The highest BCUT2D eigenvalue weighted by Crippen LogP contribution is 2.46. The highest BCUT2D eigenvalue weighted by Gasteiger charge is 2.44. The number of piperidine rings is 1. The molecule has 1 saturated carbocycles. The molecule has 1 aromatic rings. The number of nitrogens with zero attached hydrogens (tertiary/aromatic N) is 3. The van der Waals surface area contributed by atoms with Crippen LogP contribution in [0.1, 0.15) is 57.6 Å². The Bertz CT molecular complexity index is 573. The summed E-state index contributed by atoms with van der Waals surface area (Å²) >= 11 is 0. The molecule has 3 fully saturated rings. The predicted molar refractivity (Wildman–Crippen MR) is 99.9 cm³/mol. The molecule has 0 aromatic carbocycles. The third kappa shape index (κ3) is 3.68. The summed E-state index contributed by atoms with van der Waals surface area (Å²) < 4.78 is 5.64. The van der Waals surface area contributed by atoms with Gasteiger partial charge in [0.15, 0.2) is 0 Å². The van der Waals surface area contributed by atoms with Crippen molar-refractivity contribution in [2.45, 2.75) is 70.4 Å². The minimum atomic E-state index is 0.505. The number of hydrogen-bond acceptors (Lipinski definition) is 5. The van der Waals surface area contributed by atoms with Crippen LogP contribution in [0.4, 0.5) is 5.82 Å². The van der Waals surface area contributed by atoms with Gasteiger partial charge in [-0.25, -0.2) is 9.97 Å². The Morgan fingerprint density at radius 2 is 2.08 bits per heavy atom. The SMILES string of the molecule is CCc1cc(N2CCC[C@@H](N[C@@H]3CCCC34CCOCC4)C2)ncn1. The van der Waals surface area contributed by atoms with E-state index in [4.69, 9.17) is 4.74 Å². The summed E-state index contributed by atoms with van der Waals surface area (Å²) in [6, 6.07) is 3.42. The number of hydrogen-bond donors (Lipinski definition) is 1. The van der Waals surface area contributed by atoms with Crippen molar-refractivity contribution in [3.63, 3.8) is 0 Å².